The predicted molar refractivity (Wildman–Crippen MR) is 141 cm³/mol. The molecule has 0 saturated heterocycles. The summed E-state index contributed by atoms with van der Waals surface area (Å²) < 4.78 is 0. The SMILES string of the molecule is CC1(C)CC(=O)C2=C(C1)Nc1nc(N/N=C\c3ccc(Cl)cc3)[nH]c(=O)c1C2c1ccc([N+](=O)[O-])cc1. The topological polar surface area (TPSA) is 142 Å². The summed E-state index contributed by atoms with van der Waals surface area (Å²) in [5, 5.41) is 19.1. The maximum Gasteiger partial charge on any atom is 0.269 e. The zero-order valence-corrected chi connectivity index (χ0v) is 20.8. The van der Waals surface area contributed by atoms with Crippen molar-refractivity contribution in [3.05, 3.63) is 102 Å². The van der Waals surface area contributed by atoms with Gasteiger partial charge in [0.25, 0.3) is 11.2 Å². The minimum Gasteiger partial charge on any atom is -0.343 e. The van der Waals surface area contributed by atoms with E-state index in [1.54, 1.807) is 42.6 Å². The van der Waals surface area contributed by atoms with Gasteiger partial charge in [-0.2, -0.15) is 10.1 Å². The third-order valence-electron chi connectivity index (χ3n) is 6.41. The number of non-ortho nitro benzene ring substituents is 1. The second-order valence-corrected chi connectivity index (χ2v) is 10.3. The molecule has 0 fully saturated rings. The Morgan fingerprint density at radius 3 is 2.51 bits per heavy atom. The van der Waals surface area contributed by atoms with Crippen LogP contribution in [0.3, 0.4) is 0 Å². The van der Waals surface area contributed by atoms with Crippen molar-refractivity contribution in [1.82, 2.24) is 9.97 Å². The number of H-pyrrole nitrogens is 1. The number of aromatic amines is 1. The van der Waals surface area contributed by atoms with Gasteiger partial charge >= 0.3 is 0 Å². The Hall–Kier alpha value is -4.31. The number of benzene rings is 2. The van der Waals surface area contributed by atoms with Crippen molar-refractivity contribution >= 4 is 41.1 Å². The zero-order valence-electron chi connectivity index (χ0n) is 20.0. The van der Waals surface area contributed by atoms with Gasteiger partial charge in [-0.25, -0.2) is 5.43 Å². The molecule has 1 aliphatic carbocycles. The number of Topliss-reactive ketones (excluding diaryl/α,β-unsaturated/α-hetero) is 1. The van der Waals surface area contributed by atoms with Gasteiger partial charge in [-0.15, -0.1) is 0 Å². The quantitative estimate of drug-likeness (QED) is 0.245. The molecule has 2 aliphatic rings. The number of nitro groups is 1. The van der Waals surface area contributed by atoms with Crippen LogP contribution in [0.2, 0.25) is 5.02 Å². The molecule has 37 heavy (non-hydrogen) atoms. The van der Waals surface area contributed by atoms with Crippen molar-refractivity contribution in [2.75, 3.05) is 10.7 Å². The smallest absolute Gasteiger partial charge is 0.269 e. The van der Waals surface area contributed by atoms with Crippen LogP contribution in [-0.2, 0) is 4.79 Å². The van der Waals surface area contributed by atoms with Crippen molar-refractivity contribution in [1.29, 1.82) is 0 Å². The van der Waals surface area contributed by atoms with E-state index in [4.69, 9.17) is 11.6 Å². The summed E-state index contributed by atoms with van der Waals surface area (Å²) in [4.78, 5) is 44.6. The summed E-state index contributed by atoms with van der Waals surface area (Å²) in [5.41, 5.74) is 4.81. The van der Waals surface area contributed by atoms with Gasteiger partial charge in [0, 0.05) is 40.8 Å². The minimum absolute atomic E-state index is 0.0677. The number of anilines is 2. The molecular formula is C26H23ClN6O4. The number of hydrogen-bond donors (Lipinski definition) is 3. The largest absolute Gasteiger partial charge is 0.343 e. The molecule has 10 nitrogen and oxygen atoms in total. The molecule has 0 amide bonds. The second kappa shape index (κ2) is 9.29. The van der Waals surface area contributed by atoms with Crippen molar-refractivity contribution in [2.45, 2.75) is 32.6 Å². The Morgan fingerprint density at radius 2 is 1.84 bits per heavy atom. The molecule has 0 bridgehead atoms. The van der Waals surface area contributed by atoms with Crippen LogP contribution in [0.1, 0.15) is 49.3 Å². The van der Waals surface area contributed by atoms with E-state index >= 15 is 0 Å². The molecule has 2 aromatic carbocycles. The monoisotopic (exact) mass is 518 g/mol. The molecule has 1 atom stereocenters. The fourth-order valence-corrected chi connectivity index (χ4v) is 4.93. The average molecular weight is 519 g/mol. The number of allylic oxidation sites excluding steroid dienone is 2. The minimum atomic E-state index is -0.710. The standard InChI is InChI=1S/C26H23ClN6O4/c1-26(2)11-18-21(19(34)12-26)20(15-5-9-17(10-6-15)33(36)37)22-23(29-18)30-25(31-24(22)35)32-28-13-14-3-7-16(27)8-4-14/h3-10,13,20H,11-12H2,1-2H3,(H3,29,30,31,32,35)/b28-13-. The summed E-state index contributed by atoms with van der Waals surface area (Å²) in [6, 6.07) is 13.0. The number of carbonyl (C=O) groups excluding carboxylic acids is 1. The third-order valence-corrected chi connectivity index (χ3v) is 6.67. The number of nitrogens with zero attached hydrogens (tertiary/aromatic N) is 3. The molecule has 11 heteroatoms. The Labute approximate surface area is 216 Å². The molecule has 2 heterocycles. The first-order valence-electron chi connectivity index (χ1n) is 11.6. The highest BCUT2D eigenvalue weighted by molar-refractivity contribution is 6.30. The van der Waals surface area contributed by atoms with Crippen molar-refractivity contribution in [2.24, 2.45) is 10.5 Å². The molecule has 0 saturated carbocycles. The Kier molecular flexibility index (Phi) is 6.12. The van der Waals surface area contributed by atoms with E-state index < -0.39 is 16.4 Å². The molecule has 3 aromatic rings. The van der Waals surface area contributed by atoms with Gasteiger partial charge in [-0.3, -0.25) is 24.7 Å². The molecule has 0 radical (unpaired) electrons. The van der Waals surface area contributed by atoms with E-state index in [2.05, 4.69) is 25.8 Å². The maximum atomic E-state index is 13.3. The summed E-state index contributed by atoms with van der Waals surface area (Å²) in [7, 11) is 0. The van der Waals surface area contributed by atoms with Gasteiger partial charge in [-0.1, -0.05) is 49.7 Å². The average Bonchev–Trinajstić information content (AvgIpc) is 2.83. The summed E-state index contributed by atoms with van der Waals surface area (Å²) in [6.07, 6.45) is 2.48. The lowest BCUT2D eigenvalue weighted by molar-refractivity contribution is -0.384. The highest BCUT2D eigenvalue weighted by Gasteiger charge is 2.42. The number of halogens is 1. The summed E-state index contributed by atoms with van der Waals surface area (Å²) >= 11 is 5.91. The molecule has 1 aromatic heterocycles. The van der Waals surface area contributed by atoms with Gasteiger partial charge in [0.2, 0.25) is 5.95 Å². The Morgan fingerprint density at radius 1 is 1.14 bits per heavy atom. The molecule has 1 unspecified atom stereocenters. The molecule has 0 spiro atoms. The van der Waals surface area contributed by atoms with E-state index in [9.17, 15) is 19.7 Å². The lowest BCUT2D eigenvalue weighted by Gasteiger charge is -2.38. The van der Waals surface area contributed by atoms with Crippen molar-refractivity contribution in [3.8, 4) is 0 Å². The first-order valence-corrected chi connectivity index (χ1v) is 12.0. The lowest BCUT2D eigenvalue weighted by Crippen LogP contribution is -2.37. The number of fused-ring (bicyclic) bond motifs is 1. The second-order valence-electron chi connectivity index (χ2n) is 9.84. The first-order chi connectivity index (χ1) is 17.6. The van der Waals surface area contributed by atoms with Gasteiger partial charge in [-0.05, 0) is 35.1 Å². The number of hydrogen-bond acceptors (Lipinski definition) is 8. The molecule has 188 valence electrons. The van der Waals surface area contributed by atoms with E-state index in [0.29, 0.717) is 40.5 Å². The Balaban J connectivity index is 1.55. The third kappa shape index (κ3) is 4.88. The van der Waals surface area contributed by atoms with Gasteiger partial charge in [0.1, 0.15) is 5.82 Å². The highest BCUT2D eigenvalue weighted by atomic mass is 35.5. The number of aromatic nitrogens is 2. The summed E-state index contributed by atoms with van der Waals surface area (Å²) in [6.45, 7) is 4.02. The maximum absolute atomic E-state index is 13.3. The number of ketones is 1. The van der Waals surface area contributed by atoms with Crippen LogP contribution in [0.5, 0.6) is 0 Å². The van der Waals surface area contributed by atoms with Crippen LogP contribution < -0.4 is 16.3 Å². The van der Waals surface area contributed by atoms with Gasteiger partial charge in [0.15, 0.2) is 5.78 Å². The zero-order chi connectivity index (χ0) is 26.3. The number of hydrazone groups is 1. The fraction of sp³-hybridized carbons (Fsp3) is 0.231. The summed E-state index contributed by atoms with van der Waals surface area (Å²) in [5.74, 6) is -0.352. The van der Waals surface area contributed by atoms with Crippen molar-refractivity contribution < 1.29 is 9.72 Å². The molecule has 1 aliphatic heterocycles. The highest BCUT2D eigenvalue weighted by Crippen LogP contribution is 2.47. The lowest BCUT2D eigenvalue weighted by atomic mass is 9.69. The molecular weight excluding hydrogens is 496 g/mol. The van der Waals surface area contributed by atoms with Crippen LogP contribution in [-0.4, -0.2) is 26.9 Å². The molecule has 5 rings (SSSR count). The normalized spacial score (nSPS) is 18.2. The van der Waals surface area contributed by atoms with Crippen LogP contribution in [0, 0.1) is 15.5 Å². The number of nitrogens with one attached hydrogen (secondary N) is 3. The number of carbonyl (C=O) groups is 1. The van der Waals surface area contributed by atoms with E-state index in [1.807, 2.05) is 13.8 Å². The van der Waals surface area contributed by atoms with Crippen LogP contribution >= 0.6 is 11.6 Å². The first kappa shape index (κ1) is 24.4. The van der Waals surface area contributed by atoms with Crippen LogP contribution in [0.15, 0.2) is 69.7 Å². The van der Waals surface area contributed by atoms with E-state index in [-0.39, 0.29) is 28.4 Å². The van der Waals surface area contributed by atoms with Gasteiger partial charge in [0.05, 0.1) is 16.7 Å². The molecule has 3 N–H and O–H groups in total. The Bertz CT molecular complexity index is 1520. The fourth-order valence-electron chi connectivity index (χ4n) is 4.81. The van der Waals surface area contributed by atoms with E-state index in [0.717, 1.165) is 5.56 Å². The number of nitro benzene ring substituents is 1. The van der Waals surface area contributed by atoms with Gasteiger partial charge < -0.3 is 5.32 Å². The van der Waals surface area contributed by atoms with Crippen LogP contribution in [0.25, 0.3) is 0 Å². The number of rotatable bonds is 5. The van der Waals surface area contributed by atoms with E-state index in [1.165, 1.54) is 12.1 Å². The van der Waals surface area contributed by atoms with Crippen LogP contribution in [0.4, 0.5) is 17.5 Å². The predicted octanol–water partition coefficient (Wildman–Crippen LogP) is 4.98. The van der Waals surface area contributed by atoms with Crippen molar-refractivity contribution in [3.63, 3.8) is 0 Å².